The number of aryl methyl sites for hydroxylation is 1. The molecule has 21 heavy (non-hydrogen) atoms. The van der Waals surface area contributed by atoms with Crippen LogP contribution in [0.1, 0.15) is 15.9 Å². The Morgan fingerprint density at radius 1 is 1.33 bits per heavy atom. The van der Waals surface area contributed by atoms with Crippen LogP contribution in [-0.2, 0) is 14.8 Å². The highest BCUT2D eigenvalue weighted by Gasteiger charge is 2.23. The maximum Gasteiger partial charge on any atom is 0.251 e. The summed E-state index contributed by atoms with van der Waals surface area (Å²) in [5.74, 6) is -0.347. The quantitative estimate of drug-likeness (QED) is 0.853. The first-order chi connectivity index (χ1) is 9.99. The van der Waals surface area contributed by atoms with Gasteiger partial charge in [-0.1, -0.05) is 17.7 Å². The lowest BCUT2D eigenvalue weighted by Crippen LogP contribution is -2.43. The van der Waals surface area contributed by atoms with Gasteiger partial charge in [-0.15, -0.1) is 0 Å². The van der Waals surface area contributed by atoms with E-state index in [1.54, 1.807) is 18.2 Å². The molecule has 116 valence electrons. The van der Waals surface area contributed by atoms with Crippen LogP contribution >= 0.6 is 0 Å². The average Bonchev–Trinajstić information content (AvgIpc) is 2.48. The summed E-state index contributed by atoms with van der Waals surface area (Å²) in [6.07, 6.45) is 0. The van der Waals surface area contributed by atoms with Crippen LogP contribution in [0.4, 0.5) is 0 Å². The molecule has 0 aliphatic carbocycles. The Hall–Kier alpha value is -1.44. The predicted molar refractivity (Wildman–Crippen MR) is 79.7 cm³/mol. The summed E-state index contributed by atoms with van der Waals surface area (Å²) in [6, 6.07) is 7.18. The molecule has 0 saturated carbocycles. The molecule has 1 aliphatic heterocycles. The Bertz CT molecular complexity index is 595. The van der Waals surface area contributed by atoms with Gasteiger partial charge in [0.2, 0.25) is 10.0 Å². The monoisotopic (exact) mass is 312 g/mol. The first-order valence-corrected chi connectivity index (χ1v) is 8.50. The molecule has 2 rings (SSSR count). The predicted octanol–water partition coefficient (Wildman–Crippen LogP) is 0.387. The van der Waals surface area contributed by atoms with Crippen LogP contribution in [0.25, 0.3) is 0 Å². The average molecular weight is 312 g/mol. The van der Waals surface area contributed by atoms with E-state index in [4.69, 9.17) is 4.74 Å². The fraction of sp³-hybridized carbons (Fsp3) is 0.500. The topological polar surface area (TPSA) is 75.7 Å². The number of hydrogen-bond acceptors (Lipinski definition) is 4. The summed E-state index contributed by atoms with van der Waals surface area (Å²) >= 11 is 0. The zero-order valence-electron chi connectivity index (χ0n) is 12.0. The molecular formula is C14H20N2O4S. The molecule has 0 unspecified atom stereocenters. The maximum absolute atomic E-state index is 12.1. The summed E-state index contributed by atoms with van der Waals surface area (Å²) in [5, 5.41) is 2.65. The summed E-state index contributed by atoms with van der Waals surface area (Å²) in [5.41, 5.74) is 1.53. The van der Waals surface area contributed by atoms with Crippen molar-refractivity contribution in [1.29, 1.82) is 0 Å². The van der Waals surface area contributed by atoms with Gasteiger partial charge in [0.15, 0.2) is 0 Å². The van der Waals surface area contributed by atoms with Gasteiger partial charge in [-0.3, -0.25) is 4.79 Å². The minimum Gasteiger partial charge on any atom is -0.379 e. The molecule has 1 aliphatic rings. The minimum absolute atomic E-state index is 0.0927. The number of sulfonamides is 1. The number of rotatable bonds is 5. The van der Waals surface area contributed by atoms with Gasteiger partial charge in [-0.25, -0.2) is 8.42 Å². The largest absolute Gasteiger partial charge is 0.379 e. The van der Waals surface area contributed by atoms with Crippen molar-refractivity contribution >= 4 is 15.9 Å². The summed E-state index contributed by atoms with van der Waals surface area (Å²) in [6.45, 7) is 3.62. The number of amides is 1. The zero-order chi connectivity index (χ0) is 15.3. The van der Waals surface area contributed by atoms with Crippen molar-refractivity contribution in [1.82, 2.24) is 9.62 Å². The first-order valence-electron chi connectivity index (χ1n) is 6.89. The highest BCUT2D eigenvalue weighted by atomic mass is 32.2. The number of nitrogens with zero attached hydrogens (tertiary/aromatic N) is 1. The van der Waals surface area contributed by atoms with E-state index in [-0.39, 0.29) is 18.2 Å². The van der Waals surface area contributed by atoms with Crippen LogP contribution in [0.15, 0.2) is 24.3 Å². The molecule has 1 saturated heterocycles. The van der Waals surface area contributed by atoms with E-state index in [1.807, 2.05) is 13.0 Å². The van der Waals surface area contributed by atoms with Crippen LogP contribution in [0.3, 0.4) is 0 Å². The molecule has 0 radical (unpaired) electrons. The number of carbonyl (C=O) groups is 1. The van der Waals surface area contributed by atoms with Gasteiger partial charge in [-0.2, -0.15) is 4.31 Å². The normalized spacial score (nSPS) is 16.6. The Kier molecular flexibility index (Phi) is 5.33. The van der Waals surface area contributed by atoms with Crippen molar-refractivity contribution in [2.45, 2.75) is 6.92 Å². The number of morpholine rings is 1. The van der Waals surface area contributed by atoms with Crippen LogP contribution in [0, 0.1) is 6.92 Å². The standard InChI is InChI=1S/C14H20N2O4S/c1-12-3-2-4-13(11-12)14(17)15-5-10-21(18,19)16-6-8-20-9-7-16/h2-4,11H,5-10H2,1H3,(H,15,17). The van der Waals surface area contributed by atoms with Crippen molar-refractivity contribution in [2.24, 2.45) is 0 Å². The number of ether oxygens (including phenoxy) is 1. The van der Waals surface area contributed by atoms with Gasteiger partial charge in [0.1, 0.15) is 0 Å². The van der Waals surface area contributed by atoms with E-state index in [1.165, 1.54) is 4.31 Å². The Morgan fingerprint density at radius 2 is 2.05 bits per heavy atom. The van der Waals surface area contributed by atoms with Crippen LogP contribution in [0.5, 0.6) is 0 Å². The molecule has 1 aromatic rings. The van der Waals surface area contributed by atoms with Gasteiger partial charge in [0.05, 0.1) is 19.0 Å². The molecule has 0 aromatic heterocycles. The van der Waals surface area contributed by atoms with E-state index >= 15 is 0 Å². The highest BCUT2D eigenvalue weighted by Crippen LogP contribution is 2.06. The number of carbonyl (C=O) groups excluding carboxylic acids is 1. The van der Waals surface area contributed by atoms with Crippen molar-refractivity contribution < 1.29 is 17.9 Å². The molecule has 1 fully saturated rings. The van der Waals surface area contributed by atoms with Gasteiger partial charge < -0.3 is 10.1 Å². The molecule has 1 aromatic carbocycles. The number of benzene rings is 1. The molecule has 0 atom stereocenters. The van der Waals surface area contributed by atoms with Crippen LogP contribution < -0.4 is 5.32 Å². The van der Waals surface area contributed by atoms with Crippen molar-refractivity contribution in [2.75, 3.05) is 38.6 Å². The lowest BCUT2D eigenvalue weighted by molar-refractivity contribution is 0.0730. The SMILES string of the molecule is Cc1cccc(C(=O)NCCS(=O)(=O)N2CCOCC2)c1. The Morgan fingerprint density at radius 3 is 2.71 bits per heavy atom. The number of hydrogen-bond donors (Lipinski definition) is 1. The van der Waals surface area contributed by atoms with Crippen LogP contribution in [-0.4, -0.2) is 57.2 Å². The second kappa shape index (κ2) is 7.02. The van der Waals surface area contributed by atoms with Gasteiger partial charge in [0, 0.05) is 25.2 Å². The third-order valence-electron chi connectivity index (χ3n) is 3.29. The van der Waals surface area contributed by atoms with Crippen molar-refractivity contribution in [3.05, 3.63) is 35.4 Å². The van der Waals surface area contributed by atoms with E-state index in [0.717, 1.165) is 5.56 Å². The lowest BCUT2D eigenvalue weighted by Gasteiger charge is -2.26. The molecule has 7 heteroatoms. The van der Waals surface area contributed by atoms with Crippen LogP contribution in [0.2, 0.25) is 0 Å². The third kappa shape index (κ3) is 4.52. The molecule has 0 bridgehead atoms. The molecule has 6 nitrogen and oxygen atoms in total. The molecule has 1 N–H and O–H groups in total. The van der Waals surface area contributed by atoms with Gasteiger partial charge >= 0.3 is 0 Å². The summed E-state index contributed by atoms with van der Waals surface area (Å²) < 4.78 is 30.7. The number of nitrogens with one attached hydrogen (secondary N) is 1. The summed E-state index contributed by atoms with van der Waals surface area (Å²) in [4.78, 5) is 11.9. The molecule has 1 amide bonds. The Labute approximate surface area is 125 Å². The second-order valence-electron chi connectivity index (χ2n) is 4.95. The van der Waals surface area contributed by atoms with Crippen molar-refractivity contribution in [3.8, 4) is 0 Å². The lowest BCUT2D eigenvalue weighted by atomic mass is 10.1. The second-order valence-corrected chi connectivity index (χ2v) is 7.04. The molecule has 0 spiro atoms. The van der Waals surface area contributed by atoms with Crippen molar-refractivity contribution in [3.63, 3.8) is 0 Å². The highest BCUT2D eigenvalue weighted by molar-refractivity contribution is 7.89. The van der Waals surface area contributed by atoms with Gasteiger partial charge in [-0.05, 0) is 19.1 Å². The molecular weight excluding hydrogens is 292 g/mol. The summed E-state index contributed by atoms with van der Waals surface area (Å²) in [7, 11) is -3.33. The smallest absolute Gasteiger partial charge is 0.251 e. The van der Waals surface area contributed by atoms with E-state index in [0.29, 0.717) is 31.9 Å². The molecule has 1 heterocycles. The van der Waals surface area contributed by atoms with E-state index < -0.39 is 10.0 Å². The Balaban J connectivity index is 1.84. The zero-order valence-corrected chi connectivity index (χ0v) is 12.9. The van der Waals surface area contributed by atoms with E-state index in [2.05, 4.69) is 5.32 Å². The van der Waals surface area contributed by atoms with E-state index in [9.17, 15) is 13.2 Å². The third-order valence-corrected chi connectivity index (χ3v) is 5.16. The fourth-order valence-electron chi connectivity index (χ4n) is 2.14. The van der Waals surface area contributed by atoms with Gasteiger partial charge in [0.25, 0.3) is 5.91 Å². The first kappa shape index (κ1) is 15.9. The minimum atomic E-state index is -3.33. The fourth-order valence-corrected chi connectivity index (χ4v) is 3.46. The maximum atomic E-state index is 12.1.